The van der Waals surface area contributed by atoms with E-state index in [0.29, 0.717) is 6.61 Å². The minimum Gasteiger partial charge on any atom is -0.396 e. The Kier molecular flexibility index (Phi) is 6.45. The minimum atomic E-state index is 0. The smallest absolute Gasteiger partial charge is 0.210 e. The van der Waals surface area contributed by atoms with Crippen molar-refractivity contribution in [2.75, 3.05) is 13.2 Å². The number of unbranched alkanes of at least 4 members (excludes halogenated alkanes) is 2. The molecule has 2 aromatic carbocycles. The zero-order valence-corrected chi connectivity index (χ0v) is 19.2. The Balaban J connectivity index is 0.00000192. The molecule has 0 atom stereocenters. The predicted molar refractivity (Wildman–Crippen MR) is 93.4 cm³/mol. The first kappa shape index (κ1) is 19.1. The average molecular weight is 523 g/mol. The van der Waals surface area contributed by atoms with E-state index in [1.54, 1.807) is 0 Å². The van der Waals surface area contributed by atoms with E-state index in [9.17, 15) is 0 Å². The maximum Gasteiger partial charge on any atom is 0.210 e. The summed E-state index contributed by atoms with van der Waals surface area (Å²) in [5.41, 5.74) is 4.34. The van der Waals surface area contributed by atoms with E-state index in [1.165, 1.54) is 27.7 Å². The molecule has 1 aliphatic rings. The van der Waals surface area contributed by atoms with Gasteiger partial charge < -0.3 is 5.11 Å². The molecule has 0 bridgehead atoms. The minimum absolute atomic E-state index is 0. The first-order valence-electron chi connectivity index (χ1n) is 8.32. The third-order valence-electron chi connectivity index (χ3n) is 5.17. The molecule has 119 valence electrons. The van der Waals surface area contributed by atoms with Crippen LogP contribution in [0.25, 0.3) is 10.8 Å². The topological polar surface area (TPSA) is 23.2 Å². The second-order valence-corrected chi connectivity index (χ2v) is 6.83. The van der Waals surface area contributed by atoms with E-state index in [4.69, 9.17) is 5.11 Å². The van der Waals surface area contributed by atoms with Gasteiger partial charge in [0.15, 0.2) is 5.71 Å². The summed E-state index contributed by atoms with van der Waals surface area (Å²) in [6.07, 6.45) is 3.12. The van der Waals surface area contributed by atoms with Gasteiger partial charge in [0.2, 0.25) is 5.69 Å². The van der Waals surface area contributed by atoms with Gasteiger partial charge in [-0.1, -0.05) is 24.3 Å². The Morgan fingerprint density at radius 1 is 1.00 bits per heavy atom. The Morgan fingerprint density at radius 3 is 2.48 bits per heavy atom. The molecule has 0 spiro atoms. The van der Waals surface area contributed by atoms with Crippen LogP contribution in [-0.2, 0) is 5.41 Å². The van der Waals surface area contributed by atoms with Crippen molar-refractivity contribution in [3.8, 4) is 0 Å². The molecule has 3 heteroatoms. The second-order valence-electron chi connectivity index (χ2n) is 6.83. The fraction of sp³-hybridized carbons (Fsp3) is 0.450. The Morgan fingerprint density at radius 2 is 1.74 bits per heavy atom. The summed E-state index contributed by atoms with van der Waals surface area (Å²) < 4.78 is 2.49. The van der Waals surface area contributed by atoms with Crippen molar-refractivity contribution >= 4 is 22.2 Å². The van der Waals surface area contributed by atoms with Crippen LogP contribution in [0.1, 0.15) is 45.6 Å². The van der Waals surface area contributed by atoms with Gasteiger partial charge in [-0.05, 0) is 43.5 Å². The van der Waals surface area contributed by atoms with Gasteiger partial charge in [0.05, 0.1) is 5.41 Å². The SMILES string of the molecule is CC1=[N+](CCCCCO)c2ccc3ccccc3c2C1(C)C.[Ac]. The third-order valence-corrected chi connectivity index (χ3v) is 5.17. The van der Waals surface area contributed by atoms with Crippen LogP contribution >= 0.6 is 0 Å². The summed E-state index contributed by atoms with van der Waals surface area (Å²) in [5.74, 6) is 0. The van der Waals surface area contributed by atoms with Crippen LogP contribution in [0.5, 0.6) is 0 Å². The molecule has 1 radical (unpaired) electrons. The van der Waals surface area contributed by atoms with Gasteiger partial charge in [-0.25, -0.2) is 0 Å². The van der Waals surface area contributed by atoms with Crippen LogP contribution in [0.3, 0.4) is 0 Å². The molecular formula is C20H26AcNO+. The molecule has 2 aromatic rings. The van der Waals surface area contributed by atoms with E-state index in [0.717, 1.165) is 25.8 Å². The first-order chi connectivity index (χ1) is 10.6. The van der Waals surface area contributed by atoms with Gasteiger partial charge in [-0.2, -0.15) is 4.58 Å². The third kappa shape index (κ3) is 3.44. The fourth-order valence-corrected chi connectivity index (χ4v) is 3.69. The second kappa shape index (κ2) is 7.77. The van der Waals surface area contributed by atoms with Crippen LogP contribution in [-0.4, -0.2) is 28.5 Å². The molecule has 2 nitrogen and oxygen atoms in total. The average Bonchev–Trinajstić information content (AvgIpc) is 2.72. The summed E-state index contributed by atoms with van der Waals surface area (Å²) >= 11 is 0. The van der Waals surface area contributed by atoms with Gasteiger partial charge in [0.1, 0.15) is 6.54 Å². The largest absolute Gasteiger partial charge is 0.396 e. The zero-order chi connectivity index (χ0) is 15.7. The maximum absolute atomic E-state index is 8.95. The predicted octanol–water partition coefficient (Wildman–Crippen LogP) is 4.40. The summed E-state index contributed by atoms with van der Waals surface area (Å²) in [6.45, 7) is 8.28. The molecule has 23 heavy (non-hydrogen) atoms. The zero-order valence-electron chi connectivity index (χ0n) is 14.5. The first-order valence-corrected chi connectivity index (χ1v) is 8.32. The van der Waals surface area contributed by atoms with Crippen LogP contribution < -0.4 is 0 Å². The Bertz CT molecular complexity index is 733. The summed E-state index contributed by atoms with van der Waals surface area (Å²) in [7, 11) is 0. The van der Waals surface area contributed by atoms with E-state index in [1.807, 2.05) is 0 Å². The monoisotopic (exact) mass is 523 g/mol. The number of aliphatic hydroxyl groups excluding tert-OH is 1. The van der Waals surface area contributed by atoms with Gasteiger partial charge in [-0.15, -0.1) is 0 Å². The van der Waals surface area contributed by atoms with Crippen molar-refractivity contribution < 1.29 is 53.7 Å². The van der Waals surface area contributed by atoms with Crippen molar-refractivity contribution in [1.82, 2.24) is 0 Å². The molecule has 0 saturated carbocycles. The van der Waals surface area contributed by atoms with Crippen molar-refractivity contribution in [3.63, 3.8) is 0 Å². The van der Waals surface area contributed by atoms with Crippen LogP contribution in [0, 0.1) is 44.1 Å². The molecule has 0 fully saturated rings. The molecule has 1 N–H and O–H groups in total. The van der Waals surface area contributed by atoms with Gasteiger partial charge >= 0.3 is 0 Å². The maximum atomic E-state index is 8.95. The molecule has 0 amide bonds. The standard InChI is InChI=1S/C20H26NO.Ac/c1-15-20(2,3)19-17-10-6-5-9-16(17)11-12-18(19)21(15)13-7-4-8-14-22;/h5-6,9-12,22H,4,7-8,13-14H2,1-3H3;/q+1;. The number of benzene rings is 2. The van der Waals surface area contributed by atoms with Crippen molar-refractivity contribution in [2.24, 2.45) is 0 Å². The molecule has 3 rings (SSSR count). The number of rotatable bonds is 5. The van der Waals surface area contributed by atoms with E-state index < -0.39 is 0 Å². The van der Waals surface area contributed by atoms with E-state index >= 15 is 0 Å². The van der Waals surface area contributed by atoms with Crippen molar-refractivity contribution in [2.45, 2.75) is 45.4 Å². The number of hydrogen-bond acceptors (Lipinski definition) is 1. The van der Waals surface area contributed by atoms with Crippen molar-refractivity contribution in [3.05, 3.63) is 42.0 Å². The summed E-state index contributed by atoms with van der Waals surface area (Å²) in [6, 6.07) is 13.2. The van der Waals surface area contributed by atoms with Crippen LogP contribution in [0.2, 0.25) is 0 Å². The Hall–Kier alpha value is -0.228. The fourth-order valence-electron chi connectivity index (χ4n) is 3.69. The normalized spacial score (nSPS) is 15.7. The van der Waals surface area contributed by atoms with Crippen molar-refractivity contribution in [1.29, 1.82) is 0 Å². The summed E-state index contributed by atoms with van der Waals surface area (Å²) in [4.78, 5) is 0. The Labute approximate surface area is 175 Å². The van der Waals surface area contributed by atoms with Gasteiger partial charge in [0, 0.05) is 75.6 Å². The van der Waals surface area contributed by atoms with Crippen LogP contribution in [0.15, 0.2) is 36.4 Å². The summed E-state index contributed by atoms with van der Waals surface area (Å²) in [5, 5.41) is 11.7. The quantitative estimate of drug-likeness (QED) is 0.456. The molecule has 0 unspecified atom stereocenters. The molecule has 0 aromatic heterocycles. The van der Waals surface area contributed by atoms with Gasteiger partial charge in [0.25, 0.3) is 0 Å². The number of nitrogens with zero attached hydrogens (tertiary/aromatic N) is 1. The molecule has 0 aliphatic carbocycles. The van der Waals surface area contributed by atoms with E-state index in [2.05, 4.69) is 61.7 Å². The molecule has 0 saturated heterocycles. The molecule has 1 aliphatic heterocycles. The van der Waals surface area contributed by atoms with Gasteiger partial charge in [-0.3, -0.25) is 0 Å². The van der Waals surface area contributed by atoms with E-state index in [-0.39, 0.29) is 49.5 Å². The number of hydrogen-bond donors (Lipinski definition) is 1. The number of fused-ring (bicyclic) bond motifs is 3. The van der Waals surface area contributed by atoms with Crippen LogP contribution in [0.4, 0.5) is 5.69 Å². The molecular weight excluding hydrogens is 497 g/mol. The number of aliphatic hydroxyl groups is 1. The molecule has 1 heterocycles.